The van der Waals surface area contributed by atoms with Crippen LogP contribution in [-0.4, -0.2) is 46.8 Å². The van der Waals surface area contributed by atoms with Crippen molar-refractivity contribution >= 4 is 17.8 Å². The van der Waals surface area contributed by atoms with E-state index < -0.39 is 0 Å². The van der Waals surface area contributed by atoms with Crippen molar-refractivity contribution in [2.45, 2.75) is 26.3 Å². The van der Waals surface area contributed by atoms with Gasteiger partial charge >= 0.3 is 0 Å². The van der Waals surface area contributed by atoms with Crippen molar-refractivity contribution in [3.05, 3.63) is 0 Å². The molecule has 1 aliphatic heterocycles. The Morgan fingerprint density at radius 1 is 1.11 bits per heavy atom. The van der Waals surface area contributed by atoms with Gasteiger partial charge in [-0.15, -0.1) is 0 Å². The zero-order chi connectivity index (χ0) is 13.9. The predicted molar refractivity (Wildman–Crippen MR) is 74.0 cm³/mol. The summed E-state index contributed by atoms with van der Waals surface area (Å²) in [5, 5.41) is 3.22. The summed E-state index contributed by atoms with van der Waals surface area (Å²) in [5.74, 6) is 6.88. The maximum Gasteiger partial charge on any atom is 0.243 e. The molecule has 1 fully saturated rings. The Balaban J connectivity index is 2.24. The molecule has 1 aliphatic rings. The van der Waals surface area contributed by atoms with Crippen molar-refractivity contribution in [3.63, 3.8) is 0 Å². The van der Waals surface area contributed by atoms with E-state index in [1.54, 1.807) is 0 Å². The molecule has 0 saturated carbocycles. The van der Waals surface area contributed by atoms with Crippen LogP contribution in [0.2, 0.25) is 0 Å². The highest BCUT2D eigenvalue weighted by Crippen LogP contribution is 2.17. The Hall–Kier alpha value is -1.67. The lowest BCUT2D eigenvalue weighted by molar-refractivity contribution is 0.122. The number of anilines is 3. The van der Waals surface area contributed by atoms with E-state index in [9.17, 15) is 0 Å². The highest BCUT2D eigenvalue weighted by Gasteiger charge is 2.18. The average molecular weight is 267 g/mol. The van der Waals surface area contributed by atoms with Crippen molar-refractivity contribution in [1.82, 2.24) is 15.0 Å². The maximum atomic E-state index is 5.41. The van der Waals surface area contributed by atoms with Crippen LogP contribution in [0.15, 0.2) is 0 Å². The highest BCUT2D eigenvalue weighted by atomic mass is 16.5. The van der Waals surface area contributed by atoms with Gasteiger partial charge in [0.15, 0.2) is 0 Å². The number of hydrogen-bond donors (Lipinski definition) is 3. The normalized spacial score (nSPS) is 16.3. The molecule has 0 spiro atoms. The molecule has 1 aromatic rings. The molecular weight excluding hydrogens is 246 g/mol. The molecule has 0 amide bonds. The first-order valence-corrected chi connectivity index (χ1v) is 6.31. The molecule has 0 aromatic carbocycles. The lowest BCUT2D eigenvalue weighted by Crippen LogP contribution is -2.38. The fourth-order valence-corrected chi connectivity index (χ4v) is 1.73. The van der Waals surface area contributed by atoms with Gasteiger partial charge in [-0.3, -0.25) is 5.43 Å². The number of nitrogen functional groups attached to an aromatic ring is 1. The molecule has 0 aliphatic carbocycles. The fourth-order valence-electron chi connectivity index (χ4n) is 1.73. The molecule has 19 heavy (non-hydrogen) atoms. The predicted octanol–water partition coefficient (Wildman–Crippen LogP) is 0.204. The first kappa shape index (κ1) is 13.8. The Labute approximate surface area is 112 Å². The highest BCUT2D eigenvalue weighted by molar-refractivity contribution is 5.44. The van der Waals surface area contributed by atoms with Gasteiger partial charge < -0.3 is 15.0 Å². The molecule has 1 saturated heterocycles. The van der Waals surface area contributed by atoms with Crippen LogP contribution in [0, 0.1) is 0 Å². The largest absolute Gasteiger partial charge is 0.378 e. The van der Waals surface area contributed by atoms with Gasteiger partial charge in [0.2, 0.25) is 17.8 Å². The van der Waals surface area contributed by atoms with Gasteiger partial charge in [0, 0.05) is 18.6 Å². The summed E-state index contributed by atoms with van der Waals surface area (Å²) in [5.41, 5.74) is 2.34. The number of nitrogens with zero attached hydrogens (tertiary/aromatic N) is 4. The average Bonchev–Trinajstić information content (AvgIpc) is 2.37. The molecular formula is C11H21N7O. The molecule has 0 radical (unpaired) electrons. The van der Waals surface area contributed by atoms with Crippen LogP contribution in [0.4, 0.5) is 17.8 Å². The van der Waals surface area contributed by atoms with E-state index in [-0.39, 0.29) is 5.54 Å². The molecule has 2 heterocycles. The van der Waals surface area contributed by atoms with E-state index in [0.717, 1.165) is 13.1 Å². The number of hydrogen-bond acceptors (Lipinski definition) is 8. The summed E-state index contributed by atoms with van der Waals surface area (Å²) in [4.78, 5) is 15.0. The number of hydrazine groups is 1. The lowest BCUT2D eigenvalue weighted by atomic mass is 10.1. The van der Waals surface area contributed by atoms with E-state index in [1.165, 1.54) is 0 Å². The summed E-state index contributed by atoms with van der Waals surface area (Å²) in [6, 6.07) is 0. The van der Waals surface area contributed by atoms with E-state index in [2.05, 4.69) is 30.6 Å². The molecule has 106 valence electrons. The van der Waals surface area contributed by atoms with Crippen LogP contribution in [0.5, 0.6) is 0 Å². The number of ether oxygens (including phenoxy) is 1. The summed E-state index contributed by atoms with van der Waals surface area (Å²) < 4.78 is 5.32. The number of nitrogens with two attached hydrogens (primary N) is 1. The van der Waals surface area contributed by atoms with Crippen molar-refractivity contribution in [1.29, 1.82) is 0 Å². The topological polar surface area (TPSA) is 101 Å². The Kier molecular flexibility index (Phi) is 4.01. The number of morpholine rings is 1. The first-order chi connectivity index (χ1) is 8.98. The molecule has 1 aromatic heterocycles. The smallest absolute Gasteiger partial charge is 0.243 e. The lowest BCUT2D eigenvalue weighted by Gasteiger charge is -2.28. The van der Waals surface area contributed by atoms with Gasteiger partial charge in [0.05, 0.1) is 13.2 Å². The Bertz CT molecular complexity index is 426. The van der Waals surface area contributed by atoms with E-state index in [4.69, 9.17) is 10.6 Å². The Morgan fingerprint density at radius 2 is 1.74 bits per heavy atom. The summed E-state index contributed by atoms with van der Waals surface area (Å²) in [6.45, 7) is 9.02. The molecule has 4 N–H and O–H groups in total. The third kappa shape index (κ3) is 3.90. The summed E-state index contributed by atoms with van der Waals surface area (Å²) in [7, 11) is 0. The number of nitrogens with one attached hydrogen (secondary N) is 2. The van der Waals surface area contributed by atoms with Crippen molar-refractivity contribution in [2.75, 3.05) is 41.9 Å². The minimum atomic E-state index is -0.129. The van der Waals surface area contributed by atoms with Crippen molar-refractivity contribution < 1.29 is 4.74 Å². The van der Waals surface area contributed by atoms with Gasteiger partial charge in [-0.1, -0.05) is 0 Å². The standard InChI is InChI=1S/C11H21N7O/c1-11(2,3)16-8-13-9(17-12)15-10(14-8)18-4-6-19-7-5-18/h4-7,12H2,1-3H3,(H2,13,14,15,16,17). The molecule has 0 unspecified atom stereocenters. The quantitative estimate of drug-likeness (QED) is 0.527. The van der Waals surface area contributed by atoms with E-state index in [0.29, 0.717) is 31.1 Å². The summed E-state index contributed by atoms with van der Waals surface area (Å²) in [6.07, 6.45) is 0. The van der Waals surface area contributed by atoms with Crippen LogP contribution >= 0.6 is 0 Å². The maximum absolute atomic E-state index is 5.41. The third-order valence-corrected chi connectivity index (χ3v) is 2.53. The SMILES string of the molecule is CC(C)(C)Nc1nc(NN)nc(N2CCOCC2)n1. The van der Waals surface area contributed by atoms with Crippen LogP contribution in [-0.2, 0) is 4.74 Å². The zero-order valence-corrected chi connectivity index (χ0v) is 11.6. The molecule has 8 heteroatoms. The minimum absolute atomic E-state index is 0.129. The second-order valence-corrected chi connectivity index (χ2v) is 5.40. The second-order valence-electron chi connectivity index (χ2n) is 5.40. The summed E-state index contributed by atoms with van der Waals surface area (Å²) >= 11 is 0. The van der Waals surface area contributed by atoms with Gasteiger partial charge in [0.25, 0.3) is 0 Å². The third-order valence-electron chi connectivity index (χ3n) is 2.53. The van der Waals surface area contributed by atoms with Crippen LogP contribution < -0.4 is 21.5 Å². The van der Waals surface area contributed by atoms with Crippen LogP contribution in [0.25, 0.3) is 0 Å². The molecule has 0 bridgehead atoms. The fraction of sp³-hybridized carbons (Fsp3) is 0.727. The zero-order valence-electron chi connectivity index (χ0n) is 11.6. The minimum Gasteiger partial charge on any atom is -0.378 e. The van der Waals surface area contributed by atoms with Crippen molar-refractivity contribution in [3.8, 4) is 0 Å². The van der Waals surface area contributed by atoms with Crippen LogP contribution in [0.3, 0.4) is 0 Å². The van der Waals surface area contributed by atoms with Crippen LogP contribution in [0.1, 0.15) is 20.8 Å². The Morgan fingerprint density at radius 3 is 2.32 bits per heavy atom. The van der Waals surface area contributed by atoms with Gasteiger partial charge in [-0.05, 0) is 20.8 Å². The van der Waals surface area contributed by atoms with E-state index >= 15 is 0 Å². The second kappa shape index (κ2) is 5.54. The van der Waals surface area contributed by atoms with Gasteiger partial charge in [0.1, 0.15) is 0 Å². The number of aromatic nitrogens is 3. The number of rotatable bonds is 3. The monoisotopic (exact) mass is 267 g/mol. The first-order valence-electron chi connectivity index (χ1n) is 6.31. The molecule has 2 rings (SSSR count). The van der Waals surface area contributed by atoms with Gasteiger partial charge in [-0.25, -0.2) is 5.84 Å². The van der Waals surface area contributed by atoms with Gasteiger partial charge in [-0.2, -0.15) is 15.0 Å². The van der Waals surface area contributed by atoms with E-state index in [1.807, 2.05) is 20.8 Å². The van der Waals surface area contributed by atoms with Crippen molar-refractivity contribution in [2.24, 2.45) is 5.84 Å². The molecule has 0 atom stereocenters. The molecule has 8 nitrogen and oxygen atoms in total.